The maximum absolute atomic E-state index is 12.2. The molecule has 2 fully saturated rings. The number of carboxylic acid groups (broad SMARTS) is 1. The van der Waals surface area contributed by atoms with E-state index in [1.807, 2.05) is 0 Å². The van der Waals surface area contributed by atoms with E-state index in [4.69, 9.17) is 10.2 Å². The van der Waals surface area contributed by atoms with Gasteiger partial charge in [0, 0.05) is 12.6 Å². The van der Waals surface area contributed by atoms with Crippen molar-refractivity contribution in [1.82, 2.24) is 10.2 Å². The summed E-state index contributed by atoms with van der Waals surface area (Å²) in [5.41, 5.74) is 0. The summed E-state index contributed by atoms with van der Waals surface area (Å²) in [6.07, 6.45) is 6.67. The van der Waals surface area contributed by atoms with Crippen molar-refractivity contribution in [2.24, 2.45) is 5.92 Å². The SMILES string of the molecule is O=C(O)C(CO)NC(=O)N1CCC[C@H]2CCCC[C@H]21. The lowest BCUT2D eigenvalue weighted by Gasteiger charge is -2.44. The predicted octanol–water partition coefficient (Wildman–Crippen LogP) is 0.796. The Morgan fingerprint density at radius 2 is 1.89 bits per heavy atom. The largest absolute Gasteiger partial charge is 0.480 e. The van der Waals surface area contributed by atoms with Gasteiger partial charge in [-0.25, -0.2) is 9.59 Å². The van der Waals surface area contributed by atoms with Crippen LogP contribution in [-0.2, 0) is 4.79 Å². The van der Waals surface area contributed by atoms with E-state index in [9.17, 15) is 9.59 Å². The number of carboxylic acids is 1. The number of hydrogen-bond acceptors (Lipinski definition) is 3. The first-order valence-corrected chi connectivity index (χ1v) is 7.04. The van der Waals surface area contributed by atoms with Gasteiger partial charge >= 0.3 is 12.0 Å². The number of aliphatic carboxylic acids is 1. The molecule has 0 aromatic rings. The molecule has 3 atom stereocenters. The van der Waals surface area contributed by atoms with E-state index in [-0.39, 0.29) is 12.1 Å². The number of fused-ring (bicyclic) bond motifs is 1. The molecule has 1 saturated heterocycles. The van der Waals surface area contributed by atoms with Gasteiger partial charge in [0.2, 0.25) is 0 Å². The summed E-state index contributed by atoms with van der Waals surface area (Å²) < 4.78 is 0. The number of piperidine rings is 1. The quantitative estimate of drug-likeness (QED) is 0.707. The molecular weight excluding hydrogens is 248 g/mol. The van der Waals surface area contributed by atoms with Crippen molar-refractivity contribution in [2.75, 3.05) is 13.2 Å². The van der Waals surface area contributed by atoms with E-state index in [1.54, 1.807) is 4.90 Å². The maximum Gasteiger partial charge on any atom is 0.328 e. The van der Waals surface area contributed by atoms with Gasteiger partial charge in [-0.1, -0.05) is 12.8 Å². The van der Waals surface area contributed by atoms with E-state index in [1.165, 1.54) is 6.42 Å². The van der Waals surface area contributed by atoms with Gasteiger partial charge in [-0.3, -0.25) is 0 Å². The number of nitrogens with zero attached hydrogens (tertiary/aromatic N) is 1. The number of hydrogen-bond donors (Lipinski definition) is 3. The van der Waals surface area contributed by atoms with Gasteiger partial charge in [0.25, 0.3) is 0 Å². The molecule has 0 spiro atoms. The van der Waals surface area contributed by atoms with Crippen LogP contribution in [0, 0.1) is 5.92 Å². The Morgan fingerprint density at radius 1 is 1.21 bits per heavy atom. The van der Waals surface area contributed by atoms with E-state index in [0.29, 0.717) is 12.5 Å². The highest BCUT2D eigenvalue weighted by molar-refractivity contribution is 5.82. The van der Waals surface area contributed by atoms with Crippen molar-refractivity contribution in [3.05, 3.63) is 0 Å². The van der Waals surface area contributed by atoms with Crippen LogP contribution in [0.4, 0.5) is 4.79 Å². The third kappa shape index (κ3) is 3.18. The van der Waals surface area contributed by atoms with Crippen LogP contribution in [0.2, 0.25) is 0 Å². The zero-order valence-corrected chi connectivity index (χ0v) is 11.0. The smallest absolute Gasteiger partial charge is 0.328 e. The molecule has 1 unspecified atom stereocenters. The zero-order valence-electron chi connectivity index (χ0n) is 11.0. The first kappa shape index (κ1) is 14.1. The molecule has 0 bridgehead atoms. The predicted molar refractivity (Wildman–Crippen MR) is 68.7 cm³/mol. The lowest BCUT2D eigenvalue weighted by molar-refractivity contribution is -0.140. The van der Waals surface area contributed by atoms with Crippen molar-refractivity contribution < 1.29 is 19.8 Å². The highest BCUT2D eigenvalue weighted by Crippen LogP contribution is 2.35. The Labute approximate surface area is 112 Å². The van der Waals surface area contributed by atoms with Crippen molar-refractivity contribution in [3.63, 3.8) is 0 Å². The van der Waals surface area contributed by atoms with E-state index < -0.39 is 18.6 Å². The number of rotatable bonds is 3. The second kappa shape index (κ2) is 6.23. The molecule has 0 radical (unpaired) electrons. The van der Waals surface area contributed by atoms with Gasteiger partial charge in [-0.15, -0.1) is 0 Å². The van der Waals surface area contributed by atoms with Crippen molar-refractivity contribution >= 4 is 12.0 Å². The molecule has 1 heterocycles. The number of aliphatic hydroxyl groups is 1. The summed E-state index contributed by atoms with van der Waals surface area (Å²) in [6, 6.07) is -1.31. The van der Waals surface area contributed by atoms with Gasteiger partial charge in [-0.05, 0) is 31.6 Å². The molecule has 6 nitrogen and oxygen atoms in total. The number of urea groups is 1. The Balaban J connectivity index is 1.98. The Bertz CT molecular complexity index is 346. The van der Waals surface area contributed by atoms with Crippen LogP contribution in [0.5, 0.6) is 0 Å². The minimum atomic E-state index is -1.21. The van der Waals surface area contributed by atoms with Crippen LogP contribution in [-0.4, -0.2) is 52.3 Å². The Morgan fingerprint density at radius 3 is 2.58 bits per heavy atom. The summed E-state index contributed by atoms with van der Waals surface area (Å²) >= 11 is 0. The number of carbonyl (C=O) groups is 2. The van der Waals surface area contributed by atoms with Gasteiger partial charge in [0.1, 0.15) is 0 Å². The fourth-order valence-corrected chi connectivity index (χ4v) is 3.29. The maximum atomic E-state index is 12.2. The molecule has 0 aromatic carbocycles. The van der Waals surface area contributed by atoms with Gasteiger partial charge < -0.3 is 20.4 Å². The fourth-order valence-electron chi connectivity index (χ4n) is 3.29. The van der Waals surface area contributed by atoms with Crippen molar-refractivity contribution in [2.45, 2.75) is 50.6 Å². The summed E-state index contributed by atoms with van der Waals surface area (Å²) in [5.74, 6) is -0.640. The first-order valence-electron chi connectivity index (χ1n) is 7.04. The highest BCUT2D eigenvalue weighted by Gasteiger charge is 2.36. The molecule has 1 saturated carbocycles. The van der Waals surface area contributed by atoms with E-state index in [2.05, 4.69) is 5.32 Å². The number of carbonyl (C=O) groups excluding carboxylic acids is 1. The fraction of sp³-hybridized carbons (Fsp3) is 0.846. The topological polar surface area (TPSA) is 89.9 Å². The molecule has 0 aromatic heterocycles. The van der Waals surface area contributed by atoms with Gasteiger partial charge in [-0.2, -0.15) is 0 Å². The molecule has 1 aliphatic heterocycles. The molecule has 2 amide bonds. The van der Waals surface area contributed by atoms with Crippen LogP contribution in [0.3, 0.4) is 0 Å². The summed E-state index contributed by atoms with van der Waals surface area (Å²) in [7, 11) is 0. The van der Waals surface area contributed by atoms with E-state index >= 15 is 0 Å². The van der Waals surface area contributed by atoms with Crippen LogP contribution < -0.4 is 5.32 Å². The standard InChI is InChI=1S/C13H22N2O4/c16-8-10(12(17)18)14-13(19)15-7-3-5-9-4-1-2-6-11(9)15/h9-11,16H,1-8H2,(H,14,19)(H,17,18)/t9-,10?,11-/m1/s1. The Kier molecular flexibility index (Phi) is 4.63. The number of likely N-dealkylation sites (tertiary alicyclic amines) is 1. The Hall–Kier alpha value is -1.30. The monoisotopic (exact) mass is 270 g/mol. The van der Waals surface area contributed by atoms with Crippen LogP contribution in [0.25, 0.3) is 0 Å². The molecule has 2 rings (SSSR count). The average molecular weight is 270 g/mol. The lowest BCUT2D eigenvalue weighted by atomic mass is 9.78. The summed E-state index contributed by atoms with van der Waals surface area (Å²) in [4.78, 5) is 24.8. The normalized spacial score (nSPS) is 28.4. The van der Waals surface area contributed by atoms with Gasteiger partial charge in [0.05, 0.1) is 6.61 Å². The van der Waals surface area contributed by atoms with Crippen molar-refractivity contribution in [1.29, 1.82) is 0 Å². The molecule has 2 aliphatic rings. The first-order chi connectivity index (χ1) is 9.13. The third-order valence-corrected chi connectivity index (χ3v) is 4.28. The van der Waals surface area contributed by atoms with Crippen LogP contribution in [0.15, 0.2) is 0 Å². The minimum Gasteiger partial charge on any atom is -0.480 e. The zero-order chi connectivity index (χ0) is 13.8. The van der Waals surface area contributed by atoms with Gasteiger partial charge in [0.15, 0.2) is 6.04 Å². The van der Waals surface area contributed by atoms with E-state index in [0.717, 1.165) is 32.1 Å². The molecule has 19 heavy (non-hydrogen) atoms. The minimum absolute atomic E-state index is 0.246. The van der Waals surface area contributed by atoms with Crippen LogP contribution >= 0.6 is 0 Å². The summed E-state index contributed by atoms with van der Waals surface area (Å²) in [6.45, 7) is 0.105. The highest BCUT2D eigenvalue weighted by atomic mass is 16.4. The summed E-state index contributed by atoms with van der Waals surface area (Å²) in [5, 5.41) is 20.2. The average Bonchev–Trinajstić information content (AvgIpc) is 2.43. The number of nitrogens with one attached hydrogen (secondary N) is 1. The molecular formula is C13H22N2O4. The van der Waals surface area contributed by atoms with Crippen LogP contribution in [0.1, 0.15) is 38.5 Å². The second-order valence-corrected chi connectivity index (χ2v) is 5.47. The third-order valence-electron chi connectivity index (χ3n) is 4.28. The molecule has 6 heteroatoms. The molecule has 1 aliphatic carbocycles. The van der Waals surface area contributed by atoms with Crippen molar-refractivity contribution in [3.8, 4) is 0 Å². The lowest BCUT2D eigenvalue weighted by Crippen LogP contribution is -2.56. The number of amides is 2. The number of aliphatic hydroxyl groups excluding tert-OH is 1. The second-order valence-electron chi connectivity index (χ2n) is 5.47. The molecule has 3 N–H and O–H groups in total. The molecule has 108 valence electrons.